The predicted octanol–water partition coefficient (Wildman–Crippen LogP) is 0.283. The molecule has 0 unspecified atom stereocenters. The molecule has 5 heteroatoms. The van der Waals surface area contributed by atoms with Crippen LogP contribution in [0, 0.1) is 0 Å². The lowest BCUT2D eigenvalue weighted by Gasteiger charge is -2.10. The molecule has 80 valence electrons. The van der Waals surface area contributed by atoms with Gasteiger partial charge in [0.25, 0.3) is 0 Å². The Morgan fingerprint density at radius 1 is 1.53 bits per heavy atom. The molecule has 2 rings (SSSR count). The first-order chi connectivity index (χ1) is 7.33. The Bertz CT molecular complexity index is 390. The van der Waals surface area contributed by atoms with Gasteiger partial charge in [-0.05, 0) is 0 Å². The highest BCUT2D eigenvalue weighted by Gasteiger charge is 2.16. The van der Waals surface area contributed by atoms with Crippen molar-refractivity contribution < 1.29 is 9.84 Å². The Morgan fingerprint density at radius 2 is 2.40 bits per heavy atom. The van der Waals surface area contributed by atoms with Gasteiger partial charge in [-0.15, -0.1) is 0 Å². The third-order valence-corrected chi connectivity index (χ3v) is 2.22. The van der Waals surface area contributed by atoms with Crippen LogP contribution >= 0.6 is 0 Å². The normalized spacial score (nSPS) is 14.9. The van der Waals surface area contributed by atoms with E-state index in [9.17, 15) is 5.11 Å². The monoisotopic (exact) mass is 207 g/mol. The lowest BCUT2D eigenvalue weighted by Crippen LogP contribution is -2.21. The fourth-order valence-corrected chi connectivity index (χ4v) is 1.60. The Hall–Kier alpha value is -1.62. The van der Waals surface area contributed by atoms with Crippen LogP contribution in [0.25, 0.3) is 0 Å². The van der Waals surface area contributed by atoms with E-state index in [0.29, 0.717) is 12.2 Å². The molecule has 0 amide bonds. The molecule has 1 aromatic heterocycles. The highest BCUT2D eigenvalue weighted by molar-refractivity contribution is 6.03. The Morgan fingerprint density at radius 3 is 3.07 bits per heavy atom. The molecule has 0 radical (unpaired) electrons. The van der Waals surface area contributed by atoms with Gasteiger partial charge < -0.3 is 15.2 Å². The first-order valence-electron chi connectivity index (χ1n) is 4.76. The van der Waals surface area contributed by atoms with Crippen LogP contribution in [-0.4, -0.2) is 36.1 Å². The van der Waals surface area contributed by atoms with Gasteiger partial charge in [-0.25, -0.2) is 0 Å². The van der Waals surface area contributed by atoms with Gasteiger partial charge >= 0.3 is 0 Å². The second-order valence-electron chi connectivity index (χ2n) is 3.28. The van der Waals surface area contributed by atoms with Crippen molar-refractivity contribution in [3.8, 4) is 5.75 Å². The van der Waals surface area contributed by atoms with E-state index in [4.69, 9.17) is 4.74 Å². The summed E-state index contributed by atoms with van der Waals surface area (Å²) in [7, 11) is 1.61. The maximum absolute atomic E-state index is 9.74. The van der Waals surface area contributed by atoms with Crippen LogP contribution in [0.15, 0.2) is 17.4 Å². The average molecular weight is 207 g/mol. The first-order valence-corrected chi connectivity index (χ1v) is 4.76. The molecule has 0 saturated heterocycles. The molecule has 1 aromatic rings. The van der Waals surface area contributed by atoms with Crippen LogP contribution in [0.2, 0.25) is 0 Å². The van der Waals surface area contributed by atoms with Gasteiger partial charge in [0.2, 0.25) is 0 Å². The number of hydrogen-bond acceptors (Lipinski definition) is 5. The zero-order valence-electron chi connectivity index (χ0n) is 8.53. The Balaban J connectivity index is 2.42. The minimum Gasteiger partial charge on any atom is -0.506 e. The number of methoxy groups -OCH3 is 1. The molecule has 1 aliphatic heterocycles. The molecular weight excluding hydrogens is 194 g/mol. The molecule has 0 bridgehead atoms. The topological polar surface area (TPSA) is 66.7 Å². The molecule has 1 aliphatic rings. The number of aromatic hydroxyl groups is 1. The summed E-state index contributed by atoms with van der Waals surface area (Å²) in [6.07, 6.45) is 3.10. The first kappa shape index (κ1) is 9.92. The van der Waals surface area contributed by atoms with Gasteiger partial charge in [0.05, 0.1) is 24.9 Å². The van der Waals surface area contributed by atoms with E-state index in [1.807, 2.05) is 0 Å². The minimum atomic E-state index is 0.137. The van der Waals surface area contributed by atoms with Gasteiger partial charge in [-0.2, -0.15) is 0 Å². The summed E-state index contributed by atoms with van der Waals surface area (Å²) in [4.78, 5) is 8.19. The van der Waals surface area contributed by atoms with E-state index in [1.165, 1.54) is 6.20 Å². The molecule has 15 heavy (non-hydrogen) atoms. The second-order valence-corrected chi connectivity index (χ2v) is 3.28. The van der Waals surface area contributed by atoms with Crippen molar-refractivity contribution >= 4 is 5.84 Å². The number of nitrogens with zero attached hydrogens (tertiary/aromatic N) is 2. The van der Waals surface area contributed by atoms with Crippen molar-refractivity contribution in [2.45, 2.75) is 6.61 Å². The summed E-state index contributed by atoms with van der Waals surface area (Å²) in [5, 5.41) is 12.9. The summed E-state index contributed by atoms with van der Waals surface area (Å²) < 4.78 is 5.05. The van der Waals surface area contributed by atoms with Crippen LogP contribution in [0.3, 0.4) is 0 Å². The van der Waals surface area contributed by atoms with Crippen molar-refractivity contribution in [2.75, 3.05) is 20.2 Å². The van der Waals surface area contributed by atoms with Crippen LogP contribution in [0.5, 0.6) is 5.75 Å². The SMILES string of the molecule is COCc1cncc(O)c1C1=NCCN1. The lowest BCUT2D eigenvalue weighted by molar-refractivity contribution is 0.184. The third-order valence-electron chi connectivity index (χ3n) is 2.22. The molecule has 0 aliphatic carbocycles. The van der Waals surface area contributed by atoms with Crippen LogP contribution in [-0.2, 0) is 11.3 Å². The standard InChI is InChI=1S/C10H13N3O2/c1-15-6-7-4-11-5-8(14)9(7)10-12-2-3-13-10/h4-5,14H,2-3,6H2,1H3,(H,12,13). The number of aromatic nitrogens is 1. The van der Waals surface area contributed by atoms with Crippen molar-refractivity contribution in [2.24, 2.45) is 4.99 Å². The van der Waals surface area contributed by atoms with E-state index in [0.717, 1.165) is 24.5 Å². The van der Waals surface area contributed by atoms with Gasteiger partial charge in [-0.3, -0.25) is 9.98 Å². The minimum absolute atomic E-state index is 0.137. The number of pyridine rings is 1. The molecular formula is C10H13N3O2. The Labute approximate surface area is 87.8 Å². The van der Waals surface area contributed by atoms with Gasteiger partial charge in [0.15, 0.2) is 0 Å². The number of ether oxygens (including phenoxy) is 1. The third kappa shape index (κ3) is 1.92. The molecule has 0 atom stereocenters. The fraction of sp³-hybridized carbons (Fsp3) is 0.400. The largest absolute Gasteiger partial charge is 0.506 e. The summed E-state index contributed by atoms with van der Waals surface area (Å²) in [6, 6.07) is 0. The number of rotatable bonds is 3. The van der Waals surface area contributed by atoms with Crippen molar-refractivity contribution in [1.82, 2.24) is 10.3 Å². The highest BCUT2D eigenvalue weighted by atomic mass is 16.5. The van der Waals surface area contributed by atoms with Crippen molar-refractivity contribution in [3.63, 3.8) is 0 Å². The maximum atomic E-state index is 9.74. The van der Waals surface area contributed by atoms with Crippen LogP contribution < -0.4 is 5.32 Å². The van der Waals surface area contributed by atoms with E-state index in [-0.39, 0.29) is 5.75 Å². The predicted molar refractivity (Wildman–Crippen MR) is 56.0 cm³/mol. The second kappa shape index (κ2) is 4.27. The van der Waals surface area contributed by atoms with Crippen molar-refractivity contribution in [1.29, 1.82) is 0 Å². The highest BCUT2D eigenvalue weighted by Crippen LogP contribution is 2.21. The van der Waals surface area contributed by atoms with Gasteiger partial charge in [0, 0.05) is 25.4 Å². The molecule has 5 nitrogen and oxygen atoms in total. The van der Waals surface area contributed by atoms with E-state index in [2.05, 4.69) is 15.3 Å². The number of aliphatic imine (C=N–C) groups is 1. The quantitative estimate of drug-likeness (QED) is 0.747. The van der Waals surface area contributed by atoms with Crippen molar-refractivity contribution in [3.05, 3.63) is 23.5 Å². The summed E-state index contributed by atoms with van der Waals surface area (Å²) >= 11 is 0. The van der Waals surface area contributed by atoms with Gasteiger partial charge in [0.1, 0.15) is 11.6 Å². The zero-order valence-corrected chi connectivity index (χ0v) is 8.53. The number of nitrogens with one attached hydrogen (secondary N) is 1. The number of amidine groups is 1. The molecule has 0 aromatic carbocycles. The lowest BCUT2D eigenvalue weighted by atomic mass is 10.1. The molecule has 0 saturated carbocycles. The smallest absolute Gasteiger partial charge is 0.145 e. The van der Waals surface area contributed by atoms with Crippen LogP contribution in [0.1, 0.15) is 11.1 Å². The summed E-state index contributed by atoms with van der Waals surface area (Å²) in [5.74, 6) is 0.861. The number of hydrogen-bond donors (Lipinski definition) is 2. The fourth-order valence-electron chi connectivity index (χ4n) is 1.60. The summed E-state index contributed by atoms with van der Waals surface area (Å²) in [6.45, 7) is 1.96. The molecule has 2 N–H and O–H groups in total. The van der Waals surface area contributed by atoms with Gasteiger partial charge in [-0.1, -0.05) is 0 Å². The molecule has 2 heterocycles. The van der Waals surface area contributed by atoms with E-state index >= 15 is 0 Å². The van der Waals surface area contributed by atoms with E-state index < -0.39 is 0 Å². The average Bonchev–Trinajstić information content (AvgIpc) is 2.71. The van der Waals surface area contributed by atoms with Crippen LogP contribution in [0.4, 0.5) is 0 Å². The molecule has 0 fully saturated rings. The summed E-state index contributed by atoms with van der Waals surface area (Å²) in [5.41, 5.74) is 1.54. The Kier molecular flexibility index (Phi) is 2.82. The zero-order chi connectivity index (χ0) is 10.7. The maximum Gasteiger partial charge on any atom is 0.145 e. The molecule has 0 spiro atoms. The van der Waals surface area contributed by atoms with E-state index in [1.54, 1.807) is 13.3 Å².